The van der Waals surface area contributed by atoms with Crippen LogP contribution in [0.15, 0.2) is 41.6 Å². The molecule has 0 aliphatic carbocycles. The lowest BCUT2D eigenvalue weighted by molar-refractivity contribution is -0.113. The highest BCUT2D eigenvalue weighted by Crippen LogP contribution is 2.27. The Bertz CT molecular complexity index is 1280. The van der Waals surface area contributed by atoms with Crippen LogP contribution in [-0.2, 0) is 20.8 Å². The highest BCUT2D eigenvalue weighted by atomic mass is 32.2. The summed E-state index contributed by atoms with van der Waals surface area (Å²) in [5, 5.41) is 11.3. The number of halogens is 2. The number of amides is 1. The largest absolute Gasteiger partial charge is 0.480 e. The van der Waals surface area contributed by atoms with Crippen molar-refractivity contribution in [2.24, 2.45) is 0 Å². The van der Waals surface area contributed by atoms with Gasteiger partial charge in [0, 0.05) is 18.3 Å². The van der Waals surface area contributed by atoms with Gasteiger partial charge < -0.3 is 24.1 Å². The van der Waals surface area contributed by atoms with E-state index < -0.39 is 35.6 Å². The van der Waals surface area contributed by atoms with E-state index in [0.717, 1.165) is 23.9 Å². The van der Waals surface area contributed by atoms with E-state index in [1.54, 1.807) is 11.5 Å². The Hall–Kier alpha value is -4.00. The van der Waals surface area contributed by atoms with Gasteiger partial charge in [0.1, 0.15) is 5.82 Å². The number of hydrogen-bond acceptors (Lipinski definition) is 9. The fourth-order valence-corrected chi connectivity index (χ4v) is 4.13. The monoisotopic (exact) mass is 534 g/mol. The molecule has 1 aromatic heterocycles. The summed E-state index contributed by atoms with van der Waals surface area (Å²) in [5.41, 5.74) is 0.334. The molecule has 0 bridgehead atoms. The third kappa shape index (κ3) is 6.82. The van der Waals surface area contributed by atoms with Crippen LogP contribution in [0, 0.1) is 11.6 Å². The molecule has 2 aromatic carbocycles. The molecule has 0 fully saturated rings. The van der Waals surface area contributed by atoms with Gasteiger partial charge in [-0.05, 0) is 44.2 Å². The van der Waals surface area contributed by atoms with Gasteiger partial charge in [-0.15, -0.1) is 10.2 Å². The van der Waals surface area contributed by atoms with Gasteiger partial charge >= 0.3 is 11.9 Å². The molecular formula is C24H24F2N4O6S. The molecule has 1 atom stereocenters. The van der Waals surface area contributed by atoms with Crippen LogP contribution in [0.25, 0.3) is 0 Å². The third-order valence-electron chi connectivity index (χ3n) is 5.01. The summed E-state index contributed by atoms with van der Waals surface area (Å²) >= 11 is 1.09. The zero-order valence-corrected chi connectivity index (χ0v) is 21.2. The summed E-state index contributed by atoms with van der Waals surface area (Å²) in [4.78, 5) is 36.5. The van der Waals surface area contributed by atoms with Crippen molar-refractivity contribution in [2.45, 2.75) is 31.7 Å². The second-order valence-corrected chi connectivity index (χ2v) is 8.48. The van der Waals surface area contributed by atoms with Crippen LogP contribution in [-0.4, -0.2) is 52.6 Å². The molecule has 37 heavy (non-hydrogen) atoms. The summed E-state index contributed by atoms with van der Waals surface area (Å²) in [6, 6.07) is 7.05. The van der Waals surface area contributed by atoms with Gasteiger partial charge in [-0.3, -0.25) is 4.79 Å². The summed E-state index contributed by atoms with van der Waals surface area (Å²) < 4.78 is 43.8. The highest BCUT2D eigenvalue weighted by molar-refractivity contribution is 7.99. The first-order valence-electron chi connectivity index (χ1n) is 11.0. The Balaban J connectivity index is 1.70. The number of carbonyl (C=O) groups is 3. The van der Waals surface area contributed by atoms with E-state index in [4.69, 9.17) is 14.2 Å². The molecule has 3 rings (SSSR count). The van der Waals surface area contributed by atoms with E-state index in [0.29, 0.717) is 17.5 Å². The Morgan fingerprint density at radius 1 is 1.03 bits per heavy atom. The van der Waals surface area contributed by atoms with Crippen molar-refractivity contribution in [2.75, 3.05) is 25.3 Å². The molecule has 0 spiro atoms. The summed E-state index contributed by atoms with van der Waals surface area (Å²) in [6.07, 6.45) is -0.714. The van der Waals surface area contributed by atoms with Crippen molar-refractivity contribution in [1.29, 1.82) is 0 Å². The molecule has 1 amide bonds. The maximum Gasteiger partial charge on any atom is 0.337 e. The molecule has 1 N–H and O–H groups in total. The number of esters is 2. The van der Waals surface area contributed by atoms with Crippen LogP contribution in [0.5, 0.6) is 5.75 Å². The van der Waals surface area contributed by atoms with E-state index in [2.05, 4.69) is 15.5 Å². The maximum absolute atomic E-state index is 14.0. The number of carbonyl (C=O) groups excluding carboxylic acids is 3. The lowest BCUT2D eigenvalue weighted by Crippen LogP contribution is -2.17. The van der Waals surface area contributed by atoms with Crippen molar-refractivity contribution < 1.29 is 37.4 Å². The Labute approximate surface area is 215 Å². The molecule has 1 heterocycles. The number of nitrogens with zero attached hydrogens (tertiary/aromatic N) is 3. The van der Waals surface area contributed by atoms with Crippen LogP contribution in [0.3, 0.4) is 0 Å². The van der Waals surface area contributed by atoms with Crippen LogP contribution >= 0.6 is 11.8 Å². The van der Waals surface area contributed by atoms with Gasteiger partial charge in [-0.2, -0.15) is 0 Å². The third-order valence-corrected chi connectivity index (χ3v) is 5.98. The molecule has 196 valence electrons. The first-order valence-corrected chi connectivity index (χ1v) is 11.9. The summed E-state index contributed by atoms with van der Waals surface area (Å²) in [5.74, 6) is -3.18. The molecule has 0 aliphatic heterocycles. The van der Waals surface area contributed by atoms with Crippen molar-refractivity contribution in [3.63, 3.8) is 0 Å². The zero-order valence-electron chi connectivity index (χ0n) is 20.4. The van der Waals surface area contributed by atoms with E-state index in [1.807, 2.05) is 6.92 Å². The number of benzene rings is 2. The van der Waals surface area contributed by atoms with E-state index in [9.17, 15) is 23.2 Å². The zero-order chi connectivity index (χ0) is 27.1. The lowest BCUT2D eigenvalue weighted by atomic mass is 10.1. The van der Waals surface area contributed by atoms with Gasteiger partial charge in [0.2, 0.25) is 5.91 Å². The van der Waals surface area contributed by atoms with Gasteiger partial charge in [0.15, 0.2) is 28.7 Å². The highest BCUT2D eigenvalue weighted by Gasteiger charge is 2.21. The summed E-state index contributed by atoms with van der Waals surface area (Å²) in [7, 11) is 2.39. The van der Waals surface area contributed by atoms with E-state index in [1.165, 1.54) is 38.5 Å². The maximum atomic E-state index is 14.0. The molecule has 0 aliphatic rings. The van der Waals surface area contributed by atoms with Crippen LogP contribution in [0.4, 0.5) is 14.5 Å². The van der Waals surface area contributed by atoms with Crippen LogP contribution < -0.4 is 10.1 Å². The Morgan fingerprint density at radius 3 is 2.24 bits per heavy atom. The number of rotatable bonds is 10. The number of nitrogens with one attached hydrogen (secondary N) is 1. The number of thioether (sulfide) groups is 1. The molecular weight excluding hydrogens is 510 g/mol. The lowest BCUT2D eigenvalue weighted by Gasteiger charge is -2.16. The number of ether oxygens (including phenoxy) is 3. The van der Waals surface area contributed by atoms with Gasteiger partial charge in [-0.1, -0.05) is 11.8 Å². The van der Waals surface area contributed by atoms with Gasteiger partial charge in [-0.25, -0.2) is 18.4 Å². The van der Waals surface area contributed by atoms with E-state index in [-0.39, 0.29) is 28.3 Å². The summed E-state index contributed by atoms with van der Waals surface area (Å²) in [6.45, 7) is 3.93. The van der Waals surface area contributed by atoms with Crippen molar-refractivity contribution >= 4 is 35.3 Å². The average molecular weight is 535 g/mol. The van der Waals surface area contributed by atoms with Crippen molar-refractivity contribution in [3.05, 3.63) is 65.0 Å². The number of methoxy groups -OCH3 is 2. The molecule has 10 nitrogen and oxygen atoms in total. The average Bonchev–Trinajstić information content (AvgIpc) is 3.31. The molecule has 0 saturated heterocycles. The Morgan fingerprint density at radius 2 is 1.68 bits per heavy atom. The van der Waals surface area contributed by atoms with Gasteiger partial charge in [0.05, 0.1) is 31.1 Å². The molecule has 0 radical (unpaired) electrons. The molecule has 1 unspecified atom stereocenters. The van der Waals surface area contributed by atoms with Crippen molar-refractivity contribution in [3.8, 4) is 5.75 Å². The topological polar surface area (TPSA) is 122 Å². The molecule has 0 saturated carbocycles. The normalized spacial score (nSPS) is 11.5. The SMILES string of the molecule is CCn1c(SCC(=O)Nc2cc(C(=O)OC)cc(C(=O)OC)c2)nnc1C(C)Oc1ccc(F)cc1F. The number of aromatic nitrogens is 3. The fourth-order valence-electron chi connectivity index (χ4n) is 3.32. The predicted molar refractivity (Wildman–Crippen MR) is 130 cm³/mol. The first-order chi connectivity index (χ1) is 17.7. The minimum Gasteiger partial charge on any atom is -0.480 e. The first kappa shape index (κ1) is 27.6. The number of anilines is 1. The molecule has 13 heteroatoms. The van der Waals surface area contributed by atoms with E-state index >= 15 is 0 Å². The quantitative estimate of drug-likeness (QED) is 0.304. The molecule has 3 aromatic rings. The fraction of sp³-hybridized carbons (Fsp3) is 0.292. The smallest absolute Gasteiger partial charge is 0.337 e. The van der Waals surface area contributed by atoms with Crippen molar-refractivity contribution in [1.82, 2.24) is 14.8 Å². The van der Waals surface area contributed by atoms with Crippen LogP contribution in [0.2, 0.25) is 0 Å². The minimum atomic E-state index is -0.840. The number of hydrogen-bond donors (Lipinski definition) is 1. The predicted octanol–water partition coefficient (Wildman–Crippen LogP) is 4.02. The van der Waals surface area contributed by atoms with Gasteiger partial charge in [0.25, 0.3) is 0 Å². The second-order valence-electron chi connectivity index (χ2n) is 7.54. The Kier molecular flexibility index (Phi) is 9.17. The second kappa shape index (κ2) is 12.3. The standard InChI is InChI=1S/C24H24F2N4O6S/c1-5-30-21(13(2)36-19-7-6-16(25)11-18(19)26)28-29-24(30)37-12-20(31)27-17-9-14(22(32)34-3)8-15(10-17)23(33)35-4/h6-11,13H,5,12H2,1-4H3,(H,27,31). The minimum absolute atomic E-state index is 0.0651. The van der Waals surface area contributed by atoms with Crippen LogP contribution in [0.1, 0.15) is 46.5 Å².